The average molecular weight is 329 g/mol. The Hall–Kier alpha value is -0.920. The minimum atomic E-state index is -0.990. The summed E-state index contributed by atoms with van der Waals surface area (Å²) >= 11 is 5.20. The van der Waals surface area contributed by atoms with Crippen molar-refractivity contribution in [1.29, 1.82) is 0 Å². The summed E-state index contributed by atoms with van der Waals surface area (Å²) in [6.45, 7) is 0.687. The minimum absolute atomic E-state index is 0.0904. The van der Waals surface area contributed by atoms with Crippen molar-refractivity contribution in [1.82, 2.24) is 5.32 Å². The van der Waals surface area contributed by atoms with Crippen LogP contribution in [0.25, 0.3) is 6.08 Å². The third-order valence-electron chi connectivity index (χ3n) is 2.65. The van der Waals surface area contributed by atoms with Gasteiger partial charge in [-0.25, -0.2) is 4.79 Å². The van der Waals surface area contributed by atoms with E-state index in [2.05, 4.69) is 5.32 Å². The van der Waals surface area contributed by atoms with Gasteiger partial charge >= 0.3 is 5.97 Å². The minimum Gasteiger partial charge on any atom is -0.478 e. The van der Waals surface area contributed by atoms with Crippen molar-refractivity contribution in [2.45, 2.75) is 5.25 Å². The molecule has 0 bridgehead atoms. The predicted octanol–water partition coefficient (Wildman–Crippen LogP) is 2.42. The average Bonchev–Trinajstić information content (AvgIpc) is 2.92. The summed E-state index contributed by atoms with van der Waals surface area (Å²) in [7, 11) is 0. The Bertz CT molecular complexity index is 507. The Morgan fingerprint density at radius 3 is 3.00 bits per heavy atom. The molecule has 1 aliphatic heterocycles. The molecule has 0 aliphatic carbocycles. The van der Waals surface area contributed by atoms with Gasteiger partial charge < -0.3 is 10.4 Å². The van der Waals surface area contributed by atoms with Gasteiger partial charge in [0.15, 0.2) is 0 Å². The van der Waals surface area contributed by atoms with Crippen LogP contribution < -0.4 is 5.32 Å². The lowest BCUT2D eigenvalue weighted by atomic mass is 10.2. The standard InChI is InChI=1S/C13H15NO3S3/c15-12(16)2-1-10-5-9(7-20-10)13(17)14-6-11-8-18-3-4-19-11/h1-2,5,7,11H,3-4,6,8H2,(H,14,17)(H,15,16)/b2-1+. The van der Waals surface area contributed by atoms with Crippen molar-refractivity contribution < 1.29 is 14.7 Å². The highest BCUT2D eigenvalue weighted by Crippen LogP contribution is 2.23. The van der Waals surface area contributed by atoms with Crippen molar-refractivity contribution in [2.75, 3.05) is 23.8 Å². The summed E-state index contributed by atoms with van der Waals surface area (Å²) in [5.41, 5.74) is 0.591. The number of carboxylic acid groups (broad SMARTS) is 1. The van der Waals surface area contributed by atoms with Gasteiger partial charge in [-0.2, -0.15) is 23.5 Å². The number of aliphatic carboxylic acids is 1. The van der Waals surface area contributed by atoms with Gasteiger partial charge in [0.1, 0.15) is 0 Å². The molecule has 1 fully saturated rings. The molecule has 108 valence electrons. The van der Waals surface area contributed by atoms with Gasteiger partial charge in [-0.3, -0.25) is 4.79 Å². The number of carboxylic acids is 1. The van der Waals surface area contributed by atoms with E-state index in [4.69, 9.17) is 5.11 Å². The lowest BCUT2D eigenvalue weighted by Crippen LogP contribution is -2.33. The van der Waals surface area contributed by atoms with E-state index in [1.807, 2.05) is 23.5 Å². The number of thioether (sulfide) groups is 2. The molecule has 1 saturated heterocycles. The Labute approximate surface area is 130 Å². The first-order valence-corrected chi connectivity index (χ1v) is 9.20. The topological polar surface area (TPSA) is 66.4 Å². The molecule has 1 aromatic heterocycles. The molecule has 1 amide bonds. The maximum Gasteiger partial charge on any atom is 0.328 e. The molecule has 1 atom stereocenters. The number of rotatable bonds is 5. The molecule has 2 heterocycles. The van der Waals surface area contributed by atoms with Crippen LogP contribution in [0.15, 0.2) is 17.5 Å². The molecule has 7 heteroatoms. The van der Waals surface area contributed by atoms with Gasteiger partial charge in [0.05, 0.1) is 5.56 Å². The van der Waals surface area contributed by atoms with Crippen LogP contribution in [0.5, 0.6) is 0 Å². The predicted molar refractivity (Wildman–Crippen MR) is 86.9 cm³/mol. The Morgan fingerprint density at radius 1 is 1.45 bits per heavy atom. The third-order valence-corrected chi connectivity index (χ3v) is 6.39. The fraction of sp³-hybridized carbons (Fsp3) is 0.385. The molecule has 0 aromatic carbocycles. The summed E-state index contributed by atoms with van der Waals surface area (Å²) in [5.74, 6) is 2.34. The smallest absolute Gasteiger partial charge is 0.328 e. The van der Waals surface area contributed by atoms with E-state index in [0.717, 1.165) is 22.5 Å². The van der Waals surface area contributed by atoms with E-state index in [9.17, 15) is 9.59 Å². The fourth-order valence-corrected chi connectivity index (χ4v) is 5.07. The molecule has 1 unspecified atom stereocenters. The number of nitrogens with one attached hydrogen (secondary N) is 1. The molecule has 2 N–H and O–H groups in total. The van der Waals surface area contributed by atoms with Crippen LogP contribution in [0.3, 0.4) is 0 Å². The van der Waals surface area contributed by atoms with E-state index in [1.54, 1.807) is 11.4 Å². The second-order valence-corrected chi connectivity index (χ2v) is 7.69. The maximum atomic E-state index is 12.0. The largest absolute Gasteiger partial charge is 0.478 e. The summed E-state index contributed by atoms with van der Waals surface area (Å²) in [5, 5.41) is 13.7. The van der Waals surface area contributed by atoms with Crippen LogP contribution in [0.2, 0.25) is 0 Å². The van der Waals surface area contributed by atoms with Gasteiger partial charge in [0, 0.05) is 45.4 Å². The van der Waals surface area contributed by atoms with Crippen molar-refractivity contribution >= 4 is 52.8 Å². The van der Waals surface area contributed by atoms with Crippen molar-refractivity contribution in [3.05, 3.63) is 28.0 Å². The van der Waals surface area contributed by atoms with Crippen molar-refractivity contribution in [3.63, 3.8) is 0 Å². The van der Waals surface area contributed by atoms with Gasteiger partial charge in [0.25, 0.3) is 5.91 Å². The van der Waals surface area contributed by atoms with Crippen LogP contribution in [-0.4, -0.2) is 46.0 Å². The second-order valence-electron chi connectivity index (χ2n) is 4.19. The van der Waals surface area contributed by atoms with Crippen LogP contribution in [-0.2, 0) is 4.79 Å². The zero-order chi connectivity index (χ0) is 14.4. The van der Waals surface area contributed by atoms with Gasteiger partial charge in [-0.1, -0.05) is 0 Å². The van der Waals surface area contributed by atoms with Crippen molar-refractivity contribution in [2.24, 2.45) is 0 Å². The van der Waals surface area contributed by atoms with E-state index >= 15 is 0 Å². The molecule has 2 rings (SSSR count). The highest BCUT2D eigenvalue weighted by atomic mass is 32.2. The lowest BCUT2D eigenvalue weighted by Gasteiger charge is -2.20. The Balaban J connectivity index is 1.84. The Kier molecular flexibility index (Phi) is 6.00. The van der Waals surface area contributed by atoms with E-state index < -0.39 is 5.97 Å². The zero-order valence-electron chi connectivity index (χ0n) is 10.7. The van der Waals surface area contributed by atoms with Crippen molar-refractivity contribution in [3.8, 4) is 0 Å². The molecule has 1 aliphatic rings. The first-order chi connectivity index (χ1) is 9.65. The van der Waals surface area contributed by atoms with Gasteiger partial charge in [-0.15, -0.1) is 11.3 Å². The van der Waals surface area contributed by atoms with Crippen LogP contribution in [0, 0.1) is 0 Å². The normalized spacial score (nSPS) is 19.1. The molecule has 0 spiro atoms. The summed E-state index contributed by atoms with van der Waals surface area (Å²) in [6, 6.07) is 1.71. The number of hydrogen-bond acceptors (Lipinski definition) is 5. The second kappa shape index (κ2) is 7.75. The molecule has 20 heavy (non-hydrogen) atoms. The van der Waals surface area contributed by atoms with Crippen LogP contribution >= 0.6 is 34.9 Å². The molecule has 4 nitrogen and oxygen atoms in total. The molecule has 1 aromatic rings. The third kappa shape index (κ3) is 4.88. The van der Waals surface area contributed by atoms with Gasteiger partial charge in [-0.05, 0) is 12.1 Å². The summed E-state index contributed by atoms with van der Waals surface area (Å²) in [6.07, 6.45) is 2.57. The Morgan fingerprint density at radius 2 is 2.30 bits per heavy atom. The number of thiophene rings is 1. The van der Waals surface area contributed by atoms with Crippen LogP contribution in [0.1, 0.15) is 15.2 Å². The maximum absolute atomic E-state index is 12.0. The first kappa shape index (κ1) is 15.5. The number of carbonyl (C=O) groups excluding carboxylic acids is 1. The SMILES string of the molecule is O=C(O)/C=C/c1cc(C(=O)NCC2CSCCS2)cs1. The number of carbonyl (C=O) groups is 2. The lowest BCUT2D eigenvalue weighted by molar-refractivity contribution is -0.131. The molecular formula is C13H15NO3S3. The molecular weight excluding hydrogens is 314 g/mol. The van der Waals surface area contributed by atoms with Gasteiger partial charge in [0.2, 0.25) is 0 Å². The van der Waals surface area contributed by atoms with E-state index in [1.165, 1.54) is 23.2 Å². The molecule has 0 radical (unpaired) electrons. The zero-order valence-corrected chi connectivity index (χ0v) is 13.2. The highest BCUT2D eigenvalue weighted by Gasteiger charge is 2.16. The van der Waals surface area contributed by atoms with Crippen LogP contribution in [0.4, 0.5) is 0 Å². The van der Waals surface area contributed by atoms with E-state index in [-0.39, 0.29) is 5.91 Å². The van der Waals surface area contributed by atoms with E-state index in [0.29, 0.717) is 17.4 Å². The highest BCUT2D eigenvalue weighted by molar-refractivity contribution is 8.06. The fourth-order valence-electron chi connectivity index (χ4n) is 1.68. The number of hydrogen-bond donors (Lipinski definition) is 2. The molecule has 0 saturated carbocycles. The summed E-state index contributed by atoms with van der Waals surface area (Å²) in [4.78, 5) is 23.2. The number of amides is 1. The quantitative estimate of drug-likeness (QED) is 0.812. The monoisotopic (exact) mass is 329 g/mol. The first-order valence-electron chi connectivity index (χ1n) is 6.12. The summed E-state index contributed by atoms with van der Waals surface area (Å²) < 4.78 is 0.